The number of halogens is 1. The van der Waals surface area contributed by atoms with Gasteiger partial charge in [-0.3, -0.25) is 8.32 Å². The molecule has 3 nitrogen and oxygen atoms in total. The van der Waals surface area contributed by atoms with Crippen LogP contribution in [0.5, 0.6) is 0 Å². The maximum absolute atomic E-state index is 11.1. The molecule has 1 N–H and O–H groups in total. The Balaban J connectivity index is 2.36. The third-order valence-corrected chi connectivity index (χ3v) is 3.78. The average Bonchev–Trinajstić information content (AvgIpc) is 2.17. The number of rotatable bonds is 2. The lowest BCUT2D eigenvalue weighted by atomic mass is 9.91. The zero-order chi connectivity index (χ0) is 9.84. The molecular weight excluding hydrogens is 279 g/mol. The molecule has 1 fully saturated rings. The van der Waals surface area contributed by atoms with Gasteiger partial charge in [0.15, 0.2) is 0 Å². The van der Waals surface area contributed by atoms with E-state index >= 15 is 0 Å². The van der Waals surface area contributed by atoms with Gasteiger partial charge in [0.05, 0.1) is 0 Å². The van der Waals surface area contributed by atoms with Crippen LogP contribution in [0.1, 0.15) is 32.6 Å². The van der Waals surface area contributed by atoms with Crippen LogP contribution in [-0.4, -0.2) is 29.9 Å². The van der Waals surface area contributed by atoms with Crippen molar-refractivity contribution in [2.45, 2.75) is 44.7 Å². The topological polar surface area (TPSA) is 32.3 Å². The molecule has 1 rings (SSSR count). The fourth-order valence-corrected chi connectivity index (χ4v) is 2.45. The molecule has 4 heteroatoms. The summed E-state index contributed by atoms with van der Waals surface area (Å²) < 4.78 is 3.26. The molecule has 1 aliphatic rings. The Kier molecular flexibility index (Phi) is 4.45. The highest BCUT2D eigenvalue weighted by Gasteiger charge is 2.24. The SMILES string of the molecule is CC(=O)N(C)[C@H]1CC[C@H](NI)CC1. The van der Waals surface area contributed by atoms with Crippen molar-refractivity contribution in [1.29, 1.82) is 0 Å². The van der Waals surface area contributed by atoms with Gasteiger partial charge in [0.1, 0.15) is 0 Å². The van der Waals surface area contributed by atoms with Gasteiger partial charge in [-0.25, -0.2) is 0 Å². The predicted molar refractivity (Wildman–Crippen MR) is 61.6 cm³/mol. The maximum Gasteiger partial charge on any atom is 0.219 e. The number of hydrogen-bond acceptors (Lipinski definition) is 2. The number of amides is 1. The number of nitrogens with zero attached hydrogens (tertiary/aromatic N) is 1. The fraction of sp³-hybridized carbons (Fsp3) is 0.889. The molecule has 0 aromatic carbocycles. The van der Waals surface area contributed by atoms with E-state index in [1.165, 1.54) is 12.8 Å². The molecule has 0 bridgehead atoms. The monoisotopic (exact) mass is 296 g/mol. The van der Waals surface area contributed by atoms with Crippen molar-refractivity contribution in [1.82, 2.24) is 8.43 Å². The molecule has 0 radical (unpaired) electrons. The van der Waals surface area contributed by atoms with E-state index in [4.69, 9.17) is 0 Å². The molecule has 0 atom stereocenters. The summed E-state index contributed by atoms with van der Waals surface area (Å²) in [6, 6.07) is 1.12. The standard InChI is InChI=1S/C9H17IN2O/c1-7(13)12(2)9-5-3-8(11-10)4-6-9/h8-9,11H,3-6H2,1-2H3/t8-,9-. The van der Waals surface area contributed by atoms with Gasteiger partial charge in [-0.2, -0.15) is 0 Å². The van der Waals surface area contributed by atoms with Crippen LogP contribution < -0.4 is 3.53 Å². The molecule has 0 aliphatic heterocycles. The molecule has 0 aromatic heterocycles. The third kappa shape index (κ3) is 3.09. The second-order valence-corrected chi connectivity index (χ2v) is 4.37. The molecule has 0 heterocycles. The van der Waals surface area contributed by atoms with Gasteiger partial charge in [-0.1, -0.05) is 0 Å². The van der Waals surface area contributed by atoms with Gasteiger partial charge in [-0.05, 0) is 25.7 Å². The second kappa shape index (κ2) is 5.14. The first kappa shape index (κ1) is 11.2. The molecule has 1 saturated carbocycles. The Morgan fingerprint density at radius 1 is 1.38 bits per heavy atom. The van der Waals surface area contributed by atoms with E-state index in [1.807, 2.05) is 11.9 Å². The minimum atomic E-state index is 0.186. The summed E-state index contributed by atoms with van der Waals surface area (Å²) in [4.78, 5) is 13.0. The fourth-order valence-electron chi connectivity index (χ4n) is 1.83. The number of hydrogen-bond donors (Lipinski definition) is 1. The van der Waals surface area contributed by atoms with Crippen LogP contribution in [0.25, 0.3) is 0 Å². The average molecular weight is 296 g/mol. The summed E-state index contributed by atoms with van der Waals surface area (Å²) in [5.74, 6) is 0.186. The van der Waals surface area contributed by atoms with Crippen molar-refractivity contribution >= 4 is 28.8 Å². The van der Waals surface area contributed by atoms with E-state index in [0.717, 1.165) is 12.8 Å². The molecule has 0 saturated heterocycles. The van der Waals surface area contributed by atoms with E-state index in [9.17, 15) is 4.79 Å². The van der Waals surface area contributed by atoms with Crippen molar-refractivity contribution in [3.8, 4) is 0 Å². The highest BCUT2D eigenvalue weighted by Crippen LogP contribution is 2.22. The number of nitrogens with one attached hydrogen (secondary N) is 1. The Morgan fingerprint density at radius 2 is 1.92 bits per heavy atom. The molecule has 1 aliphatic carbocycles. The van der Waals surface area contributed by atoms with Crippen molar-refractivity contribution in [3.05, 3.63) is 0 Å². The molecule has 1 amide bonds. The zero-order valence-corrected chi connectivity index (χ0v) is 10.4. The summed E-state index contributed by atoms with van der Waals surface area (Å²) in [6.45, 7) is 1.64. The highest BCUT2D eigenvalue weighted by atomic mass is 127. The summed E-state index contributed by atoms with van der Waals surface area (Å²) in [5.41, 5.74) is 0. The van der Waals surface area contributed by atoms with Crippen molar-refractivity contribution in [3.63, 3.8) is 0 Å². The molecule has 13 heavy (non-hydrogen) atoms. The van der Waals surface area contributed by atoms with Gasteiger partial charge < -0.3 is 4.90 Å². The first-order valence-corrected chi connectivity index (χ1v) is 5.82. The summed E-state index contributed by atoms with van der Waals surface area (Å²) in [7, 11) is 1.91. The molecule has 0 aromatic rings. The van der Waals surface area contributed by atoms with Crippen LogP contribution >= 0.6 is 22.9 Å². The lowest BCUT2D eigenvalue weighted by Crippen LogP contribution is -2.40. The largest absolute Gasteiger partial charge is 0.343 e. The third-order valence-electron chi connectivity index (χ3n) is 2.90. The van der Waals surface area contributed by atoms with Gasteiger partial charge in [-0.15, -0.1) is 0 Å². The normalized spacial score (nSPS) is 28.5. The number of carbonyl (C=O) groups is 1. The quantitative estimate of drug-likeness (QED) is 0.621. The molecule has 0 unspecified atom stereocenters. The zero-order valence-electron chi connectivity index (χ0n) is 8.22. The molecule has 0 spiro atoms. The Labute approximate surface area is 93.7 Å². The van der Waals surface area contributed by atoms with E-state index < -0.39 is 0 Å². The highest BCUT2D eigenvalue weighted by molar-refractivity contribution is 14.1. The van der Waals surface area contributed by atoms with Crippen LogP contribution in [-0.2, 0) is 4.79 Å². The lowest BCUT2D eigenvalue weighted by Gasteiger charge is -2.33. The Hall–Kier alpha value is 0.160. The maximum atomic E-state index is 11.1. The van der Waals surface area contributed by atoms with Crippen LogP contribution in [0.3, 0.4) is 0 Å². The van der Waals surface area contributed by atoms with Crippen molar-refractivity contribution < 1.29 is 4.79 Å². The van der Waals surface area contributed by atoms with E-state index in [0.29, 0.717) is 12.1 Å². The predicted octanol–water partition coefficient (Wildman–Crippen LogP) is 1.72. The lowest BCUT2D eigenvalue weighted by molar-refractivity contribution is -0.130. The van der Waals surface area contributed by atoms with Crippen LogP contribution in [0.2, 0.25) is 0 Å². The second-order valence-electron chi connectivity index (χ2n) is 3.74. The summed E-state index contributed by atoms with van der Waals surface area (Å²) in [5, 5.41) is 0. The summed E-state index contributed by atoms with van der Waals surface area (Å²) >= 11 is 2.21. The van der Waals surface area contributed by atoms with Gasteiger partial charge in [0, 0.05) is 48.9 Å². The smallest absolute Gasteiger partial charge is 0.219 e. The van der Waals surface area contributed by atoms with Gasteiger partial charge >= 0.3 is 0 Å². The Bertz CT molecular complexity index is 178. The first-order valence-electron chi connectivity index (χ1n) is 4.74. The minimum Gasteiger partial charge on any atom is -0.343 e. The van der Waals surface area contributed by atoms with E-state index in [-0.39, 0.29) is 5.91 Å². The first-order chi connectivity index (χ1) is 6.15. The van der Waals surface area contributed by atoms with Gasteiger partial charge in [0.2, 0.25) is 5.91 Å². The van der Waals surface area contributed by atoms with Gasteiger partial charge in [0.25, 0.3) is 0 Å². The van der Waals surface area contributed by atoms with E-state index in [2.05, 4.69) is 26.4 Å². The van der Waals surface area contributed by atoms with Crippen LogP contribution in [0.4, 0.5) is 0 Å². The van der Waals surface area contributed by atoms with Crippen molar-refractivity contribution in [2.75, 3.05) is 7.05 Å². The van der Waals surface area contributed by atoms with Crippen molar-refractivity contribution in [2.24, 2.45) is 0 Å². The van der Waals surface area contributed by atoms with Crippen LogP contribution in [0.15, 0.2) is 0 Å². The number of carbonyl (C=O) groups excluding carboxylic acids is 1. The molecule has 76 valence electrons. The summed E-state index contributed by atoms with van der Waals surface area (Å²) in [6.07, 6.45) is 4.64. The minimum absolute atomic E-state index is 0.186. The van der Waals surface area contributed by atoms with Crippen LogP contribution in [0, 0.1) is 0 Å². The Morgan fingerprint density at radius 3 is 2.31 bits per heavy atom. The molecular formula is C9H17IN2O. The van der Waals surface area contributed by atoms with E-state index in [1.54, 1.807) is 6.92 Å².